The summed E-state index contributed by atoms with van der Waals surface area (Å²) in [6.45, 7) is 6.45. The van der Waals surface area contributed by atoms with Crippen molar-refractivity contribution in [3.63, 3.8) is 0 Å². The third kappa shape index (κ3) is 2.08. The number of fused-ring (bicyclic) bond motifs is 1. The van der Waals surface area contributed by atoms with Gasteiger partial charge in [-0.3, -0.25) is 0 Å². The molecule has 1 fully saturated rings. The van der Waals surface area contributed by atoms with Crippen LogP contribution in [0.1, 0.15) is 20.3 Å². The number of nitrogens with zero attached hydrogens (tertiary/aromatic N) is 2. The van der Waals surface area contributed by atoms with Gasteiger partial charge in [0.25, 0.3) is 0 Å². The van der Waals surface area contributed by atoms with Crippen LogP contribution >= 0.6 is 11.3 Å². The Balaban J connectivity index is 1.89. The van der Waals surface area contributed by atoms with Crippen molar-refractivity contribution in [3.8, 4) is 5.88 Å². The van der Waals surface area contributed by atoms with Crippen molar-refractivity contribution in [1.82, 2.24) is 15.3 Å². The van der Waals surface area contributed by atoms with E-state index in [0.29, 0.717) is 0 Å². The molecule has 96 valence electrons. The summed E-state index contributed by atoms with van der Waals surface area (Å²) in [7, 11) is 0. The molecule has 0 radical (unpaired) electrons. The second kappa shape index (κ2) is 4.48. The molecule has 18 heavy (non-hydrogen) atoms. The van der Waals surface area contributed by atoms with E-state index in [9.17, 15) is 0 Å². The van der Waals surface area contributed by atoms with Crippen LogP contribution < -0.4 is 10.1 Å². The summed E-state index contributed by atoms with van der Waals surface area (Å²) in [5.74, 6) is 0.723. The van der Waals surface area contributed by atoms with Crippen LogP contribution in [0.15, 0.2) is 17.8 Å². The maximum absolute atomic E-state index is 6.16. The highest BCUT2D eigenvalue weighted by molar-refractivity contribution is 7.16. The molecule has 1 N–H and O–H groups in total. The first-order valence-corrected chi connectivity index (χ1v) is 7.10. The lowest BCUT2D eigenvalue weighted by atomic mass is 9.82. The van der Waals surface area contributed by atoms with Gasteiger partial charge >= 0.3 is 0 Å². The van der Waals surface area contributed by atoms with E-state index in [-0.39, 0.29) is 11.5 Å². The summed E-state index contributed by atoms with van der Waals surface area (Å²) < 4.78 is 6.16. The molecule has 1 atom stereocenters. The number of ether oxygens (including phenoxy) is 1. The SMILES string of the molecule is CC1(C)CNCCC1Oc1ncnc2sccc12. The Morgan fingerprint density at radius 2 is 2.33 bits per heavy atom. The summed E-state index contributed by atoms with van der Waals surface area (Å²) in [4.78, 5) is 9.53. The van der Waals surface area contributed by atoms with E-state index in [1.165, 1.54) is 0 Å². The van der Waals surface area contributed by atoms with E-state index < -0.39 is 0 Å². The van der Waals surface area contributed by atoms with E-state index in [4.69, 9.17) is 4.74 Å². The first-order valence-electron chi connectivity index (χ1n) is 6.22. The van der Waals surface area contributed by atoms with Crippen molar-refractivity contribution >= 4 is 21.6 Å². The van der Waals surface area contributed by atoms with E-state index in [1.807, 2.05) is 11.4 Å². The maximum Gasteiger partial charge on any atom is 0.225 e. The molecular formula is C13H17N3OS. The molecule has 3 rings (SSSR count). The van der Waals surface area contributed by atoms with Crippen LogP contribution in [0.5, 0.6) is 5.88 Å². The minimum Gasteiger partial charge on any atom is -0.473 e. The molecule has 1 unspecified atom stereocenters. The largest absolute Gasteiger partial charge is 0.473 e. The zero-order chi connectivity index (χ0) is 12.6. The minimum absolute atomic E-state index is 0.131. The number of hydrogen-bond donors (Lipinski definition) is 1. The quantitative estimate of drug-likeness (QED) is 0.904. The van der Waals surface area contributed by atoms with Crippen molar-refractivity contribution in [1.29, 1.82) is 0 Å². The molecule has 0 spiro atoms. The predicted molar refractivity (Wildman–Crippen MR) is 73.1 cm³/mol. The number of aromatic nitrogens is 2. The molecule has 2 aromatic heterocycles. The lowest BCUT2D eigenvalue weighted by Gasteiger charge is -2.38. The fraction of sp³-hybridized carbons (Fsp3) is 0.538. The fourth-order valence-corrected chi connectivity index (χ4v) is 3.09. The lowest BCUT2D eigenvalue weighted by molar-refractivity contribution is 0.0427. The first kappa shape index (κ1) is 11.9. The van der Waals surface area contributed by atoms with Crippen LogP contribution in [0.2, 0.25) is 0 Å². The Morgan fingerprint density at radius 3 is 3.17 bits per heavy atom. The third-order valence-corrected chi connectivity index (χ3v) is 4.34. The van der Waals surface area contributed by atoms with Gasteiger partial charge in [0.15, 0.2) is 0 Å². The monoisotopic (exact) mass is 263 g/mol. The van der Waals surface area contributed by atoms with Crippen molar-refractivity contribution in [3.05, 3.63) is 17.8 Å². The molecule has 1 aliphatic heterocycles. The number of hydrogen-bond acceptors (Lipinski definition) is 5. The molecule has 0 saturated carbocycles. The topological polar surface area (TPSA) is 47.0 Å². The van der Waals surface area contributed by atoms with Crippen LogP contribution in [-0.2, 0) is 0 Å². The second-order valence-electron chi connectivity index (χ2n) is 5.38. The number of piperidine rings is 1. The fourth-order valence-electron chi connectivity index (χ4n) is 2.36. The summed E-state index contributed by atoms with van der Waals surface area (Å²) in [5.41, 5.74) is 0.131. The zero-order valence-corrected chi connectivity index (χ0v) is 11.5. The van der Waals surface area contributed by atoms with Crippen LogP contribution in [0.3, 0.4) is 0 Å². The predicted octanol–water partition coefficient (Wildman–Crippen LogP) is 2.46. The van der Waals surface area contributed by atoms with Gasteiger partial charge in [-0.25, -0.2) is 9.97 Å². The standard InChI is InChI=1S/C13H17N3OS/c1-13(2)7-14-5-3-10(13)17-11-9-4-6-18-12(9)16-8-15-11/h4,6,8,10,14H,3,5,7H2,1-2H3. The Hall–Kier alpha value is -1.20. The van der Waals surface area contributed by atoms with Crippen LogP contribution in [0.4, 0.5) is 0 Å². The highest BCUT2D eigenvalue weighted by Crippen LogP contribution is 2.32. The van der Waals surface area contributed by atoms with Gasteiger partial charge in [0.2, 0.25) is 5.88 Å². The van der Waals surface area contributed by atoms with Crippen molar-refractivity contribution in [2.45, 2.75) is 26.4 Å². The number of rotatable bonds is 2. The molecule has 0 amide bonds. The van der Waals surface area contributed by atoms with Gasteiger partial charge in [-0.05, 0) is 24.4 Å². The maximum atomic E-state index is 6.16. The molecule has 0 bridgehead atoms. The summed E-state index contributed by atoms with van der Waals surface area (Å²) in [5, 5.41) is 6.46. The van der Waals surface area contributed by atoms with Gasteiger partial charge in [-0.15, -0.1) is 11.3 Å². The Bertz CT molecular complexity index is 552. The highest BCUT2D eigenvalue weighted by atomic mass is 32.1. The van der Waals surface area contributed by atoms with Gasteiger partial charge in [0, 0.05) is 12.0 Å². The van der Waals surface area contributed by atoms with E-state index in [0.717, 1.165) is 35.6 Å². The number of nitrogens with one attached hydrogen (secondary N) is 1. The molecule has 3 heterocycles. The van der Waals surface area contributed by atoms with Gasteiger partial charge < -0.3 is 10.1 Å². The van der Waals surface area contributed by atoms with Gasteiger partial charge in [0.05, 0.1) is 5.39 Å². The lowest BCUT2D eigenvalue weighted by Crippen LogP contribution is -2.48. The molecule has 4 nitrogen and oxygen atoms in total. The molecular weight excluding hydrogens is 246 g/mol. The summed E-state index contributed by atoms with van der Waals surface area (Å²) in [6, 6.07) is 2.03. The van der Waals surface area contributed by atoms with Gasteiger partial charge in [0.1, 0.15) is 17.3 Å². The molecule has 0 aliphatic carbocycles. The second-order valence-corrected chi connectivity index (χ2v) is 6.27. The average Bonchev–Trinajstić information content (AvgIpc) is 2.81. The Kier molecular flexibility index (Phi) is 2.95. The van der Waals surface area contributed by atoms with Crippen LogP contribution in [0.25, 0.3) is 10.2 Å². The first-order chi connectivity index (χ1) is 8.67. The molecule has 1 saturated heterocycles. The average molecular weight is 263 g/mol. The van der Waals surface area contributed by atoms with Crippen molar-refractivity contribution in [2.24, 2.45) is 5.41 Å². The van der Waals surface area contributed by atoms with Crippen molar-refractivity contribution < 1.29 is 4.74 Å². The van der Waals surface area contributed by atoms with Gasteiger partial charge in [-0.2, -0.15) is 0 Å². The molecule has 5 heteroatoms. The minimum atomic E-state index is 0.131. The van der Waals surface area contributed by atoms with Crippen molar-refractivity contribution in [2.75, 3.05) is 13.1 Å². The zero-order valence-electron chi connectivity index (χ0n) is 10.6. The van der Waals surface area contributed by atoms with E-state index in [2.05, 4.69) is 29.1 Å². The normalized spacial score (nSPS) is 23.1. The summed E-state index contributed by atoms with van der Waals surface area (Å²) in [6.07, 6.45) is 2.81. The Labute approximate surface area is 110 Å². The van der Waals surface area contributed by atoms with Crippen LogP contribution in [0, 0.1) is 5.41 Å². The van der Waals surface area contributed by atoms with E-state index >= 15 is 0 Å². The van der Waals surface area contributed by atoms with Crippen LogP contribution in [-0.4, -0.2) is 29.2 Å². The molecule has 1 aliphatic rings. The highest BCUT2D eigenvalue weighted by Gasteiger charge is 2.34. The third-order valence-electron chi connectivity index (χ3n) is 3.51. The van der Waals surface area contributed by atoms with Gasteiger partial charge in [-0.1, -0.05) is 13.8 Å². The number of thiophene rings is 1. The smallest absolute Gasteiger partial charge is 0.225 e. The Morgan fingerprint density at radius 1 is 1.44 bits per heavy atom. The molecule has 2 aromatic rings. The summed E-state index contributed by atoms with van der Waals surface area (Å²) >= 11 is 1.62. The van der Waals surface area contributed by atoms with E-state index in [1.54, 1.807) is 17.7 Å². The molecule has 0 aromatic carbocycles.